The molecular formula is C23H29IN4O3. The Balaban J connectivity index is 0.00000480. The van der Waals surface area contributed by atoms with Crippen LogP contribution in [-0.4, -0.2) is 51.6 Å². The SMILES string of the molecule is C#CCOc1cc(CNC(=NC)NCc2ccc(C(=O)N(C)C)cc2)ccc1OC.I. The summed E-state index contributed by atoms with van der Waals surface area (Å²) in [6.07, 6.45) is 5.27. The smallest absolute Gasteiger partial charge is 0.253 e. The molecule has 0 fully saturated rings. The van der Waals surface area contributed by atoms with Crippen molar-refractivity contribution in [3.63, 3.8) is 0 Å². The van der Waals surface area contributed by atoms with E-state index in [-0.39, 0.29) is 36.5 Å². The summed E-state index contributed by atoms with van der Waals surface area (Å²) in [7, 11) is 6.77. The van der Waals surface area contributed by atoms with E-state index in [1.165, 1.54) is 0 Å². The van der Waals surface area contributed by atoms with E-state index in [9.17, 15) is 4.79 Å². The van der Waals surface area contributed by atoms with Crippen molar-refractivity contribution in [1.29, 1.82) is 0 Å². The zero-order valence-electron chi connectivity index (χ0n) is 18.3. The van der Waals surface area contributed by atoms with Gasteiger partial charge in [0.1, 0.15) is 6.61 Å². The van der Waals surface area contributed by atoms with Gasteiger partial charge in [-0.25, -0.2) is 0 Å². The minimum Gasteiger partial charge on any atom is -0.493 e. The number of terminal acetylenes is 1. The van der Waals surface area contributed by atoms with Crippen molar-refractivity contribution in [3.05, 3.63) is 59.2 Å². The van der Waals surface area contributed by atoms with Crippen LogP contribution in [0.3, 0.4) is 0 Å². The number of guanidine groups is 1. The lowest BCUT2D eigenvalue weighted by Gasteiger charge is -2.14. The molecular weight excluding hydrogens is 507 g/mol. The fourth-order valence-electron chi connectivity index (χ4n) is 2.68. The van der Waals surface area contributed by atoms with Crippen molar-refractivity contribution in [3.8, 4) is 23.8 Å². The number of aliphatic imine (C=N–C) groups is 1. The fourth-order valence-corrected chi connectivity index (χ4v) is 2.68. The molecule has 0 radical (unpaired) electrons. The first-order chi connectivity index (χ1) is 14.5. The van der Waals surface area contributed by atoms with Gasteiger partial charge in [-0.15, -0.1) is 30.4 Å². The van der Waals surface area contributed by atoms with Gasteiger partial charge >= 0.3 is 0 Å². The molecule has 8 heteroatoms. The van der Waals surface area contributed by atoms with Crippen LogP contribution in [0.25, 0.3) is 0 Å². The Morgan fingerprint density at radius 1 is 1.06 bits per heavy atom. The van der Waals surface area contributed by atoms with Gasteiger partial charge < -0.3 is 25.0 Å². The van der Waals surface area contributed by atoms with Crippen molar-refractivity contribution in [2.75, 3.05) is 34.9 Å². The molecule has 1 amide bonds. The van der Waals surface area contributed by atoms with Gasteiger partial charge in [-0.1, -0.05) is 24.1 Å². The van der Waals surface area contributed by atoms with Crippen LogP contribution in [0.15, 0.2) is 47.5 Å². The number of ether oxygens (including phenoxy) is 2. The van der Waals surface area contributed by atoms with E-state index >= 15 is 0 Å². The molecule has 31 heavy (non-hydrogen) atoms. The molecule has 0 spiro atoms. The van der Waals surface area contributed by atoms with E-state index in [4.69, 9.17) is 15.9 Å². The lowest BCUT2D eigenvalue weighted by Crippen LogP contribution is -2.36. The van der Waals surface area contributed by atoms with Crippen LogP contribution >= 0.6 is 24.0 Å². The maximum Gasteiger partial charge on any atom is 0.253 e. The molecule has 166 valence electrons. The highest BCUT2D eigenvalue weighted by molar-refractivity contribution is 14.0. The van der Waals surface area contributed by atoms with E-state index in [1.807, 2.05) is 42.5 Å². The highest BCUT2D eigenvalue weighted by Gasteiger charge is 2.08. The number of hydrogen-bond donors (Lipinski definition) is 2. The molecule has 2 aromatic carbocycles. The third-order valence-electron chi connectivity index (χ3n) is 4.29. The minimum atomic E-state index is -0.0166. The first kappa shape index (κ1) is 26.1. The summed E-state index contributed by atoms with van der Waals surface area (Å²) in [5.41, 5.74) is 2.70. The van der Waals surface area contributed by atoms with E-state index in [0.29, 0.717) is 36.1 Å². The van der Waals surface area contributed by atoms with Crippen molar-refractivity contribution >= 4 is 35.8 Å². The van der Waals surface area contributed by atoms with Crippen LogP contribution in [0.1, 0.15) is 21.5 Å². The second-order valence-electron chi connectivity index (χ2n) is 6.65. The standard InChI is InChI=1S/C23H28N4O3.HI/c1-6-13-30-21-14-18(9-12-20(21)29-5)16-26-23(24-2)25-15-17-7-10-19(11-8-17)22(28)27(3)4;/h1,7-12,14H,13,15-16H2,2-5H3,(H2,24,25,26);1H. The third-order valence-corrected chi connectivity index (χ3v) is 4.29. The molecule has 0 heterocycles. The Morgan fingerprint density at radius 3 is 2.23 bits per heavy atom. The van der Waals surface area contributed by atoms with Gasteiger partial charge in [-0.3, -0.25) is 9.79 Å². The Labute approximate surface area is 201 Å². The Hall–Kier alpha value is -2.93. The van der Waals surface area contributed by atoms with E-state index in [0.717, 1.165) is 11.1 Å². The van der Waals surface area contributed by atoms with Crippen LogP contribution in [0.2, 0.25) is 0 Å². The van der Waals surface area contributed by atoms with Gasteiger partial charge in [0, 0.05) is 39.8 Å². The van der Waals surface area contributed by atoms with Gasteiger partial charge in [0.2, 0.25) is 0 Å². The van der Waals surface area contributed by atoms with Gasteiger partial charge in [0.15, 0.2) is 17.5 Å². The zero-order valence-corrected chi connectivity index (χ0v) is 20.6. The topological polar surface area (TPSA) is 75.2 Å². The van der Waals surface area contributed by atoms with Crippen LogP contribution in [0.5, 0.6) is 11.5 Å². The highest BCUT2D eigenvalue weighted by atomic mass is 127. The minimum absolute atomic E-state index is 0. The molecule has 0 atom stereocenters. The van der Waals surface area contributed by atoms with Gasteiger partial charge in [0.25, 0.3) is 5.91 Å². The van der Waals surface area contributed by atoms with E-state index in [1.54, 1.807) is 33.2 Å². The van der Waals surface area contributed by atoms with Crippen molar-refractivity contribution in [2.45, 2.75) is 13.1 Å². The summed E-state index contributed by atoms with van der Waals surface area (Å²) in [6, 6.07) is 13.2. The molecule has 0 unspecified atom stereocenters. The van der Waals surface area contributed by atoms with Gasteiger partial charge in [0.05, 0.1) is 7.11 Å². The average Bonchev–Trinajstić information content (AvgIpc) is 2.77. The Kier molecular flexibility index (Phi) is 11.3. The second kappa shape index (κ2) is 13.4. The molecule has 0 aliphatic rings. The lowest BCUT2D eigenvalue weighted by atomic mass is 10.1. The molecule has 7 nitrogen and oxygen atoms in total. The fraction of sp³-hybridized carbons (Fsp3) is 0.304. The molecule has 0 saturated heterocycles. The number of halogens is 1. The maximum atomic E-state index is 12.0. The summed E-state index contributed by atoms with van der Waals surface area (Å²) in [4.78, 5) is 17.8. The lowest BCUT2D eigenvalue weighted by molar-refractivity contribution is 0.0827. The molecule has 2 N–H and O–H groups in total. The predicted molar refractivity (Wildman–Crippen MR) is 134 cm³/mol. The Bertz CT molecular complexity index is 921. The quantitative estimate of drug-likeness (QED) is 0.235. The van der Waals surface area contributed by atoms with Crippen LogP contribution in [-0.2, 0) is 13.1 Å². The third kappa shape index (κ3) is 8.02. The van der Waals surface area contributed by atoms with Crippen molar-refractivity contribution in [1.82, 2.24) is 15.5 Å². The van der Waals surface area contributed by atoms with E-state index in [2.05, 4.69) is 21.5 Å². The first-order valence-corrected chi connectivity index (χ1v) is 9.46. The van der Waals surface area contributed by atoms with Crippen LogP contribution in [0, 0.1) is 12.3 Å². The summed E-state index contributed by atoms with van der Waals surface area (Å²) in [5, 5.41) is 6.52. The molecule has 0 aliphatic heterocycles. The number of hydrogen-bond acceptors (Lipinski definition) is 4. The number of amides is 1. The molecule has 0 saturated carbocycles. The van der Waals surface area contributed by atoms with Crippen LogP contribution in [0.4, 0.5) is 0 Å². The predicted octanol–water partition coefficient (Wildman–Crippen LogP) is 2.89. The van der Waals surface area contributed by atoms with Gasteiger partial charge in [-0.2, -0.15) is 0 Å². The molecule has 2 rings (SSSR count). The molecule has 2 aromatic rings. The number of carbonyl (C=O) groups is 1. The summed E-state index contributed by atoms with van der Waals surface area (Å²) in [6.45, 7) is 1.30. The molecule has 0 bridgehead atoms. The first-order valence-electron chi connectivity index (χ1n) is 9.46. The normalized spacial score (nSPS) is 10.4. The van der Waals surface area contributed by atoms with Crippen molar-refractivity contribution in [2.24, 2.45) is 4.99 Å². The second-order valence-corrected chi connectivity index (χ2v) is 6.65. The molecule has 0 aliphatic carbocycles. The Morgan fingerprint density at radius 2 is 1.68 bits per heavy atom. The number of methoxy groups -OCH3 is 1. The number of carbonyl (C=O) groups excluding carboxylic acids is 1. The monoisotopic (exact) mass is 536 g/mol. The summed E-state index contributed by atoms with van der Waals surface area (Å²) in [5.74, 6) is 4.33. The number of benzene rings is 2. The average molecular weight is 536 g/mol. The largest absolute Gasteiger partial charge is 0.493 e. The van der Waals surface area contributed by atoms with E-state index < -0.39 is 0 Å². The summed E-state index contributed by atoms with van der Waals surface area (Å²) >= 11 is 0. The number of rotatable bonds is 8. The highest BCUT2D eigenvalue weighted by Crippen LogP contribution is 2.27. The maximum absolute atomic E-state index is 12.0. The zero-order chi connectivity index (χ0) is 21.9. The van der Waals surface area contributed by atoms with Crippen LogP contribution < -0.4 is 20.1 Å². The van der Waals surface area contributed by atoms with Crippen molar-refractivity contribution < 1.29 is 14.3 Å². The van der Waals surface area contributed by atoms with Gasteiger partial charge in [-0.05, 0) is 35.4 Å². The molecule has 0 aromatic heterocycles. The summed E-state index contributed by atoms with van der Waals surface area (Å²) < 4.78 is 10.8. The number of nitrogens with zero attached hydrogens (tertiary/aromatic N) is 2. The number of nitrogens with one attached hydrogen (secondary N) is 2.